The molecule has 1 unspecified atom stereocenters. The second-order valence-corrected chi connectivity index (χ2v) is 7.62. The van der Waals surface area contributed by atoms with Crippen molar-refractivity contribution in [3.8, 4) is 11.4 Å². The number of fused-ring (bicyclic) bond motifs is 1. The quantitative estimate of drug-likeness (QED) is 0.625. The molecule has 1 saturated heterocycles. The first-order valence-corrected chi connectivity index (χ1v) is 10.1. The van der Waals surface area contributed by atoms with E-state index in [0.717, 1.165) is 30.7 Å². The largest absolute Gasteiger partial charge is 0.490 e. The highest BCUT2D eigenvalue weighted by Gasteiger charge is 2.33. The molecule has 2 aliphatic rings. The lowest BCUT2D eigenvalue weighted by Crippen LogP contribution is -2.24. The average molecular weight is 407 g/mol. The minimum atomic E-state index is -0.376. The molecule has 0 bridgehead atoms. The summed E-state index contributed by atoms with van der Waals surface area (Å²) in [5.41, 5.74) is 2.64. The molecule has 0 N–H and O–H groups in total. The zero-order valence-electron chi connectivity index (χ0n) is 16.5. The van der Waals surface area contributed by atoms with Crippen LogP contribution in [0.3, 0.4) is 0 Å². The number of carbonyl (C=O) groups excluding carboxylic acids is 1. The molecule has 3 aromatic rings. The zero-order valence-corrected chi connectivity index (χ0v) is 16.5. The van der Waals surface area contributed by atoms with Crippen LogP contribution in [0.15, 0.2) is 54.9 Å². The van der Waals surface area contributed by atoms with Gasteiger partial charge in [-0.15, -0.1) is 0 Å². The monoisotopic (exact) mass is 407 g/mol. The third-order valence-corrected chi connectivity index (χ3v) is 5.59. The Hall–Kier alpha value is -3.19. The fourth-order valence-corrected chi connectivity index (χ4v) is 4.01. The van der Waals surface area contributed by atoms with Crippen LogP contribution >= 0.6 is 0 Å². The maximum absolute atomic E-state index is 14.4. The van der Waals surface area contributed by atoms with Crippen molar-refractivity contribution in [3.63, 3.8) is 0 Å². The predicted octanol–water partition coefficient (Wildman–Crippen LogP) is 3.73. The zero-order chi connectivity index (χ0) is 20.5. The molecule has 1 aromatic heterocycles. The Morgan fingerprint density at radius 3 is 2.80 bits per heavy atom. The molecule has 30 heavy (non-hydrogen) atoms. The molecule has 2 aliphatic heterocycles. The molecule has 154 valence electrons. The van der Waals surface area contributed by atoms with Gasteiger partial charge in [0.2, 0.25) is 0 Å². The van der Waals surface area contributed by atoms with Crippen LogP contribution in [-0.4, -0.2) is 39.9 Å². The number of rotatable bonds is 6. The molecule has 0 spiro atoms. The van der Waals surface area contributed by atoms with E-state index in [2.05, 4.69) is 5.10 Å². The lowest BCUT2D eigenvalue weighted by molar-refractivity contribution is 0.0659. The lowest BCUT2D eigenvalue weighted by atomic mass is 10.1. The number of carbonyl (C=O) groups is 1. The highest BCUT2D eigenvalue weighted by atomic mass is 19.1. The fraction of sp³-hybridized carbons (Fsp3) is 0.304. The van der Waals surface area contributed by atoms with Gasteiger partial charge in [0.1, 0.15) is 18.2 Å². The number of hydrogen-bond donors (Lipinski definition) is 0. The summed E-state index contributed by atoms with van der Waals surface area (Å²) in [4.78, 5) is 14.7. The van der Waals surface area contributed by atoms with Crippen LogP contribution in [0.25, 0.3) is 5.69 Å². The van der Waals surface area contributed by atoms with Crippen molar-refractivity contribution < 1.29 is 18.7 Å². The molecular weight excluding hydrogens is 385 g/mol. The van der Waals surface area contributed by atoms with E-state index < -0.39 is 0 Å². The summed E-state index contributed by atoms with van der Waals surface area (Å²) < 4.78 is 27.7. The molecule has 0 aliphatic carbocycles. The Kier molecular flexibility index (Phi) is 4.96. The molecule has 1 amide bonds. The van der Waals surface area contributed by atoms with Gasteiger partial charge in [0, 0.05) is 31.1 Å². The van der Waals surface area contributed by atoms with Crippen molar-refractivity contribution in [1.82, 2.24) is 14.7 Å². The predicted molar refractivity (Wildman–Crippen MR) is 108 cm³/mol. The molecule has 6 nitrogen and oxygen atoms in total. The molecule has 3 heterocycles. The summed E-state index contributed by atoms with van der Waals surface area (Å²) in [5.74, 6) is -0.147. The summed E-state index contributed by atoms with van der Waals surface area (Å²) in [5, 5.41) is 4.21. The van der Waals surface area contributed by atoms with Crippen molar-refractivity contribution in [3.05, 3.63) is 77.4 Å². The van der Waals surface area contributed by atoms with Gasteiger partial charge in [0.05, 0.1) is 23.9 Å². The van der Waals surface area contributed by atoms with Gasteiger partial charge < -0.3 is 14.4 Å². The minimum absolute atomic E-state index is 0.0339. The van der Waals surface area contributed by atoms with Gasteiger partial charge in [-0.1, -0.05) is 12.1 Å². The highest BCUT2D eigenvalue weighted by molar-refractivity contribution is 6.01. The van der Waals surface area contributed by atoms with Crippen LogP contribution < -0.4 is 4.74 Å². The number of halogens is 1. The van der Waals surface area contributed by atoms with Crippen LogP contribution in [-0.2, 0) is 17.8 Å². The standard InChI is InChI=1S/C23H22FN3O3/c24-20-8-9-21(30-15-18-3-1-12-29-18)22-19(20)14-26(23(22)28)13-16-4-6-17(7-5-16)27-11-2-10-25-27/h2,4-11,18H,1,3,12-15H2. The van der Waals surface area contributed by atoms with Crippen molar-refractivity contribution in [1.29, 1.82) is 0 Å². The molecule has 1 atom stereocenters. The van der Waals surface area contributed by atoms with Crippen molar-refractivity contribution in [2.45, 2.75) is 32.0 Å². The Balaban J connectivity index is 1.32. The van der Waals surface area contributed by atoms with Crippen LogP contribution in [0.5, 0.6) is 5.75 Å². The van der Waals surface area contributed by atoms with E-state index in [0.29, 0.717) is 30.0 Å². The van der Waals surface area contributed by atoms with Gasteiger partial charge in [-0.25, -0.2) is 9.07 Å². The summed E-state index contributed by atoms with van der Waals surface area (Å²) in [6.45, 7) is 1.75. The Labute approximate surface area is 173 Å². The van der Waals surface area contributed by atoms with Gasteiger partial charge in [-0.3, -0.25) is 4.79 Å². The first kappa shape index (κ1) is 18.8. The smallest absolute Gasteiger partial charge is 0.258 e. The fourth-order valence-electron chi connectivity index (χ4n) is 4.01. The number of aromatic nitrogens is 2. The van der Waals surface area contributed by atoms with Gasteiger partial charge in [0.15, 0.2) is 0 Å². The van der Waals surface area contributed by atoms with E-state index in [1.54, 1.807) is 21.8 Å². The molecule has 7 heteroatoms. The second kappa shape index (κ2) is 7.91. The first-order valence-electron chi connectivity index (χ1n) is 10.1. The lowest BCUT2D eigenvalue weighted by Gasteiger charge is -2.16. The van der Waals surface area contributed by atoms with Crippen molar-refractivity contribution >= 4 is 5.91 Å². The van der Waals surface area contributed by atoms with Crippen LogP contribution in [0.4, 0.5) is 4.39 Å². The second-order valence-electron chi connectivity index (χ2n) is 7.62. The minimum Gasteiger partial charge on any atom is -0.490 e. The van der Waals surface area contributed by atoms with Crippen LogP contribution in [0.1, 0.15) is 34.3 Å². The van der Waals surface area contributed by atoms with Crippen LogP contribution in [0, 0.1) is 5.82 Å². The van der Waals surface area contributed by atoms with Gasteiger partial charge in [-0.2, -0.15) is 5.10 Å². The summed E-state index contributed by atoms with van der Waals surface area (Å²) in [6, 6.07) is 12.6. The van der Waals surface area contributed by atoms with Gasteiger partial charge >= 0.3 is 0 Å². The first-order chi connectivity index (χ1) is 14.7. The SMILES string of the molecule is O=C1c2c(OCC3CCCO3)ccc(F)c2CN1Cc1ccc(-n2cccn2)cc1. The van der Waals surface area contributed by atoms with Crippen molar-refractivity contribution in [2.75, 3.05) is 13.2 Å². The summed E-state index contributed by atoms with van der Waals surface area (Å²) in [7, 11) is 0. The molecule has 2 aromatic carbocycles. The van der Waals surface area contributed by atoms with E-state index >= 15 is 0 Å². The van der Waals surface area contributed by atoms with E-state index in [4.69, 9.17) is 9.47 Å². The maximum Gasteiger partial charge on any atom is 0.258 e. The van der Waals surface area contributed by atoms with E-state index in [1.165, 1.54) is 6.07 Å². The number of benzene rings is 2. The Morgan fingerprint density at radius 2 is 2.07 bits per heavy atom. The van der Waals surface area contributed by atoms with Crippen LogP contribution in [0.2, 0.25) is 0 Å². The topological polar surface area (TPSA) is 56.6 Å². The third kappa shape index (κ3) is 3.57. The number of nitrogens with zero attached hydrogens (tertiary/aromatic N) is 3. The highest BCUT2D eigenvalue weighted by Crippen LogP contribution is 2.34. The normalized spacial score (nSPS) is 18.1. The van der Waals surface area contributed by atoms with Crippen molar-refractivity contribution in [2.24, 2.45) is 0 Å². The molecule has 0 saturated carbocycles. The average Bonchev–Trinajstić information content (AvgIpc) is 3.52. The number of amides is 1. The Morgan fingerprint density at radius 1 is 1.20 bits per heavy atom. The van der Waals surface area contributed by atoms with E-state index in [9.17, 15) is 9.18 Å². The summed E-state index contributed by atoms with van der Waals surface area (Å²) in [6.07, 6.45) is 5.59. The molecule has 5 rings (SSSR count). The number of hydrogen-bond acceptors (Lipinski definition) is 4. The van der Waals surface area contributed by atoms with E-state index in [-0.39, 0.29) is 24.4 Å². The van der Waals surface area contributed by atoms with E-state index in [1.807, 2.05) is 36.5 Å². The molecular formula is C23H22FN3O3. The van der Waals surface area contributed by atoms with Gasteiger partial charge in [-0.05, 0) is 48.7 Å². The third-order valence-electron chi connectivity index (χ3n) is 5.59. The summed E-state index contributed by atoms with van der Waals surface area (Å²) >= 11 is 0. The molecule has 1 fully saturated rings. The maximum atomic E-state index is 14.4. The molecule has 0 radical (unpaired) electrons. The number of ether oxygens (including phenoxy) is 2. The van der Waals surface area contributed by atoms with Gasteiger partial charge in [0.25, 0.3) is 5.91 Å². The Bertz CT molecular complexity index is 1040.